The van der Waals surface area contributed by atoms with Crippen molar-refractivity contribution in [2.75, 3.05) is 27.2 Å². The van der Waals surface area contributed by atoms with Crippen LogP contribution < -0.4 is 20.1 Å². The van der Waals surface area contributed by atoms with Gasteiger partial charge < -0.3 is 34.8 Å². The molecule has 2 N–H and O–H groups in total. The molecule has 2 saturated heterocycles. The maximum atomic E-state index is 14.5. The van der Waals surface area contributed by atoms with E-state index in [9.17, 15) is 24.0 Å². The van der Waals surface area contributed by atoms with E-state index in [0.717, 1.165) is 0 Å². The summed E-state index contributed by atoms with van der Waals surface area (Å²) in [4.78, 5) is 72.7. The molecule has 0 saturated carbocycles. The van der Waals surface area contributed by atoms with Gasteiger partial charge in [0, 0.05) is 45.2 Å². The Bertz CT molecular complexity index is 1350. The summed E-state index contributed by atoms with van der Waals surface area (Å²) in [6, 6.07) is 1.89. The van der Waals surface area contributed by atoms with Crippen molar-refractivity contribution in [3.05, 3.63) is 30.0 Å². The molecule has 3 aliphatic heterocycles. The fourth-order valence-corrected chi connectivity index (χ4v) is 6.64. The fourth-order valence-electron chi connectivity index (χ4n) is 6.64. The van der Waals surface area contributed by atoms with Crippen molar-refractivity contribution in [1.82, 2.24) is 25.3 Å². The summed E-state index contributed by atoms with van der Waals surface area (Å²) < 4.78 is 11.9. The van der Waals surface area contributed by atoms with E-state index in [1.807, 2.05) is 27.7 Å². The summed E-state index contributed by atoms with van der Waals surface area (Å²) in [7, 11) is 3.15. The van der Waals surface area contributed by atoms with Crippen LogP contribution >= 0.6 is 0 Å². The predicted molar refractivity (Wildman–Crippen MR) is 173 cm³/mol. The molecule has 5 amide bonds. The molecule has 0 aromatic heterocycles. The molecule has 0 spiro atoms. The first-order valence-corrected chi connectivity index (χ1v) is 16.4. The SMILES string of the molecule is CCC(C)C(NC(=O)C(C(C)CC)N(C)C(C)=O)C(=O)N1CCC2Oc3ccc(OC)c(c3)C=CNC(=O)C3CCCN3C(=O)C21. The van der Waals surface area contributed by atoms with E-state index in [-0.39, 0.29) is 42.0 Å². The molecule has 1 aromatic rings. The number of amides is 5. The van der Waals surface area contributed by atoms with Crippen LogP contribution in [0.5, 0.6) is 11.5 Å². The van der Waals surface area contributed by atoms with Gasteiger partial charge in [0.25, 0.3) is 0 Å². The van der Waals surface area contributed by atoms with Crippen molar-refractivity contribution in [3.63, 3.8) is 0 Å². The van der Waals surface area contributed by atoms with Crippen LogP contribution in [-0.4, -0.2) is 102 Å². The zero-order chi connectivity index (χ0) is 33.7. The molecule has 0 aliphatic carbocycles. The Labute approximate surface area is 271 Å². The number of likely N-dealkylation sites (N-methyl/N-ethyl adjacent to an activating group) is 1. The Hall–Kier alpha value is -4.09. The largest absolute Gasteiger partial charge is 0.496 e. The van der Waals surface area contributed by atoms with Gasteiger partial charge in [-0.15, -0.1) is 0 Å². The maximum absolute atomic E-state index is 14.5. The second-order valence-electron chi connectivity index (χ2n) is 12.7. The van der Waals surface area contributed by atoms with Crippen LogP contribution in [0.3, 0.4) is 0 Å². The number of fused-ring (bicyclic) bond motifs is 4. The van der Waals surface area contributed by atoms with E-state index in [2.05, 4.69) is 10.6 Å². The molecule has 2 fully saturated rings. The van der Waals surface area contributed by atoms with Crippen LogP contribution in [0.4, 0.5) is 0 Å². The lowest BCUT2D eigenvalue weighted by Gasteiger charge is -2.37. The van der Waals surface area contributed by atoms with E-state index in [0.29, 0.717) is 55.7 Å². The van der Waals surface area contributed by atoms with Crippen molar-refractivity contribution in [3.8, 4) is 11.5 Å². The van der Waals surface area contributed by atoms with Crippen LogP contribution in [0.15, 0.2) is 24.4 Å². The number of carbonyl (C=O) groups is 5. The lowest BCUT2D eigenvalue weighted by Crippen LogP contribution is -2.61. The van der Waals surface area contributed by atoms with Gasteiger partial charge in [-0.05, 0) is 49.0 Å². The smallest absolute Gasteiger partial charge is 0.249 e. The van der Waals surface area contributed by atoms with E-state index >= 15 is 0 Å². The zero-order valence-corrected chi connectivity index (χ0v) is 28.1. The van der Waals surface area contributed by atoms with Crippen LogP contribution in [-0.2, 0) is 24.0 Å². The Morgan fingerprint density at radius 3 is 2.48 bits per heavy atom. The number of nitrogens with one attached hydrogen (secondary N) is 2. The molecule has 12 nitrogen and oxygen atoms in total. The van der Waals surface area contributed by atoms with Crippen molar-refractivity contribution in [2.45, 2.75) is 97.0 Å². The first kappa shape index (κ1) is 34.8. The second kappa shape index (κ2) is 15.0. The molecule has 2 bridgehead atoms. The fraction of sp³-hybridized carbons (Fsp3) is 0.618. The molecule has 3 aliphatic rings. The van der Waals surface area contributed by atoms with Gasteiger partial charge in [0.05, 0.1) is 7.11 Å². The minimum atomic E-state index is -1.01. The Morgan fingerprint density at radius 2 is 1.83 bits per heavy atom. The number of benzene rings is 1. The summed E-state index contributed by atoms with van der Waals surface area (Å²) in [5, 5.41) is 5.78. The Morgan fingerprint density at radius 1 is 1.11 bits per heavy atom. The molecule has 12 heteroatoms. The number of likely N-dealkylation sites (tertiary alicyclic amines) is 1. The van der Waals surface area contributed by atoms with Gasteiger partial charge in [0.2, 0.25) is 29.5 Å². The Kier molecular flexibility index (Phi) is 11.3. The van der Waals surface area contributed by atoms with Crippen LogP contribution in [0.2, 0.25) is 0 Å². The third-order valence-electron chi connectivity index (χ3n) is 9.84. The van der Waals surface area contributed by atoms with E-state index in [1.165, 1.54) is 22.9 Å². The molecule has 46 heavy (non-hydrogen) atoms. The molecular formula is C34H49N5O7. The third kappa shape index (κ3) is 7.15. The highest BCUT2D eigenvalue weighted by Gasteiger charge is 2.50. The first-order valence-electron chi connectivity index (χ1n) is 16.4. The van der Waals surface area contributed by atoms with E-state index in [1.54, 1.807) is 43.3 Å². The summed E-state index contributed by atoms with van der Waals surface area (Å²) in [5.41, 5.74) is 0.683. The molecular weight excluding hydrogens is 590 g/mol. The van der Waals surface area contributed by atoms with Gasteiger partial charge in [-0.2, -0.15) is 0 Å². The van der Waals surface area contributed by atoms with Gasteiger partial charge in [-0.1, -0.05) is 40.5 Å². The maximum Gasteiger partial charge on any atom is 0.249 e. The number of carbonyl (C=O) groups excluding carboxylic acids is 5. The van der Waals surface area contributed by atoms with Gasteiger partial charge in [0.1, 0.15) is 41.8 Å². The lowest BCUT2D eigenvalue weighted by atomic mass is 9.93. The molecule has 4 rings (SSSR count). The number of ether oxygens (including phenoxy) is 2. The molecule has 7 unspecified atom stereocenters. The average molecular weight is 640 g/mol. The summed E-state index contributed by atoms with van der Waals surface area (Å²) in [6.45, 7) is 9.71. The summed E-state index contributed by atoms with van der Waals surface area (Å²) in [6.07, 6.45) is 5.36. The van der Waals surface area contributed by atoms with Gasteiger partial charge >= 0.3 is 0 Å². The highest BCUT2D eigenvalue weighted by molar-refractivity contribution is 5.96. The minimum Gasteiger partial charge on any atom is -0.496 e. The zero-order valence-electron chi connectivity index (χ0n) is 28.1. The summed E-state index contributed by atoms with van der Waals surface area (Å²) in [5.74, 6) is -1.03. The molecule has 252 valence electrons. The van der Waals surface area contributed by atoms with Crippen molar-refractivity contribution < 1.29 is 33.4 Å². The molecule has 0 radical (unpaired) electrons. The standard InChI is InChI=1S/C34H49N5O7/c1-8-20(3)28(36-32(42)29(21(4)9-2)37(6)22(5)40)33(43)39-18-15-27-30(39)34(44)38-17-10-11-25(38)31(41)35-16-14-23-19-24(46-27)12-13-26(23)45-7/h12-14,16,19-21,25,27-30H,8-11,15,17-18H2,1-7H3,(H,35,41)(H,36,42). The average Bonchev–Trinajstić information content (AvgIpc) is 3.70. The highest BCUT2D eigenvalue weighted by atomic mass is 16.5. The minimum absolute atomic E-state index is 0.148. The molecule has 1 aromatic carbocycles. The van der Waals surface area contributed by atoms with Gasteiger partial charge in [-0.25, -0.2) is 0 Å². The predicted octanol–water partition coefficient (Wildman–Crippen LogP) is 2.56. The monoisotopic (exact) mass is 639 g/mol. The second-order valence-corrected chi connectivity index (χ2v) is 12.7. The topological polar surface area (TPSA) is 138 Å². The Balaban J connectivity index is 1.71. The van der Waals surface area contributed by atoms with Gasteiger partial charge in [0.15, 0.2) is 0 Å². The van der Waals surface area contributed by atoms with Crippen LogP contribution in [0.1, 0.15) is 72.3 Å². The summed E-state index contributed by atoms with van der Waals surface area (Å²) >= 11 is 0. The molecule has 7 atom stereocenters. The van der Waals surface area contributed by atoms with Crippen LogP contribution in [0.25, 0.3) is 6.08 Å². The number of hydrogen-bond donors (Lipinski definition) is 2. The van der Waals surface area contributed by atoms with Crippen LogP contribution in [0, 0.1) is 11.8 Å². The highest BCUT2D eigenvalue weighted by Crippen LogP contribution is 2.32. The van der Waals surface area contributed by atoms with E-state index in [4.69, 9.17) is 9.47 Å². The van der Waals surface area contributed by atoms with E-state index < -0.39 is 36.2 Å². The van der Waals surface area contributed by atoms with Crippen molar-refractivity contribution in [1.29, 1.82) is 0 Å². The lowest BCUT2D eigenvalue weighted by molar-refractivity contribution is -0.151. The van der Waals surface area contributed by atoms with Crippen molar-refractivity contribution in [2.24, 2.45) is 11.8 Å². The number of methoxy groups -OCH3 is 1. The molecule has 3 heterocycles. The normalized spacial score (nSPS) is 23.7. The number of rotatable bonds is 9. The quantitative estimate of drug-likeness (QED) is 0.424. The first-order chi connectivity index (χ1) is 21.9. The number of nitrogens with zero attached hydrogens (tertiary/aromatic N) is 3. The third-order valence-corrected chi connectivity index (χ3v) is 9.84. The van der Waals surface area contributed by atoms with Gasteiger partial charge in [-0.3, -0.25) is 24.0 Å². The number of hydrogen-bond acceptors (Lipinski definition) is 7. The van der Waals surface area contributed by atoms with Crippen molar-refractivity contribution >= 4 is 35.6 Å².